The van der Waals surface area contributed by atoms with Gasteiger partial charge in [-0.3, -0.25) is 14.9 Å². The molecule has 0 N–H and O–H groups in total. The van der Waals surface area contributed by atoms with Gasteiger partial charge in [0.25, 0.3) is 5.69 Å². The van der Waals surface area contributed by atoms with Crippen LogP contribution in [0.5, 0.6) is 0 Å². The minimum absolute atomic E-state index is 0.121. The number of likely N-dealkylation sites (N-methyl/N-ethyl adjacent to an activating group) is 1. The third-order valence-corrected chi connectivity index (χ3v) is 5.99. The highest BCUT2D eigenvalue weighted by Gasteiger charge is 2.24. The third kappa shape index (κ3) is 8.18. The zero-order chi connectivity index (χ0) is 21.0. The van der Waals surface area contributed by atoms with E-state index in [9.17, 15) is 23.3 Å². The van der Waals surface area contributed by atoms with Gasteiger partial charge in [-0.25, -0.2) is 8.42 Å². The van der Waals surface area contributed by atoms with Crippen molar-refractivity contribution in [3.63, 3.8) is 0 Å². The number of carbonyl (C=O) groups is 1. The molecule has 0 aromatic heterocycles. The topological polar surface area (TPSA) is 107 Å². The van der Waals surface area contributed by atoms with Crippen molar-refractivity contribution in [1.29, 1.82) is 0 Å². The Labute approximate surface area is 166 Å². The van der Waals surface area contributed by atoms with Crippen LogP contribution in [0, 0.1) is 10.1 Å². The highest BCUT2D eigenvalue weighted by atomic mass is 32.2. The maximum atomic E-state index is 12.4. The van der Waals surface area contributed by atoms with Crippen molar-refractivity contribution in [2.45, 2.75) is 49.8 Å². The number of unbranched alkanes of at least 4 members (excludes halogenated alkanes) is 6. The largest absolute Gasteiger partial charge is 0.465 e. The van der Waals surface area contributed by atoms with Crippen LogP contribution in [-0.2, 0) is 19.6 Å². The summed E-state index contributed by atoms with van der Waals surface area (Å²) in [5.41, 5.74) is -0.207. The number of nitro groups is 1. The molecular formula is C19H28N2O6S. The fourth-order valence-electron chi connectivity index (χ4n) is 2.52. The van der Waals surface area contributed by atoms with E-state index in [0.717, 1.165) is 73.5 Å². The Morgan fingerprint density at radius 1 is 1.14 bits per heavy atom. The third-order valence-electron chi connectivity index (χ3n) is 4.17. The van der Waals surface area contributed by atoms with Crippen LogP contribution in [0.4, 0.5) is 5.69 Å². The highest BCUT2D eigenvalue weighted by Crippen LogP contribution is 2.18. The Kier molecular flexibility index (Phi) is 10.4. The predicted octanol–water partition coefficient (Wildman–Crippen LogP) is 3.68. The van der Waals surface area contributed by atoms with Crippen LogP contribution in [0.2, 0.25) is 0 Å². The van der Waals surface area contributed by atoms with Crippen LogP contribution in [0.3, 0.4) is 0 Å². The number of sulfonamides is 1. The summed E-state index contributed by atoms with van der Waals surface area (Å²) in [5.74, 6) is -0.626. The van der Waals surface area contributed by atoms with E-state index < -0.39 is 27.5 Å². The SMILES string of the molecule is C=CCCCCCCCCOC(=O)CN(C)S(=O)(=O)c1ccc([N+](=O)[O-])cc1. The molecule has 8 nitrogen and oxygen atoms in total. The van der Waals surface area contributed by atoms with Gasteiger partial charge >= 0.3 is 5.97 Å². The molecule has 0 unspecified atom stereocenters. The van der Waals surface area contributed by atoms with E-state index in [4.69, 9.17) is 4.74 Å². The second-order valence-electron chi connectivity index (χ2n) is 6.43. The summed E-state index contributed by atoms with van der Waals surface area (Å²) in [6.45, 7) is 3.53. The number of benzene rings is 1. The summed E-state index contributed by atoms with van der Waals surface area (Å²) in [4.78, 5) is 21.8. The molecule has 0 aliphatic carbocycles. The quantitative estimate of drug-likeness (QED) is 0.152. The van der Waals surface area contributed by atoms with Gasteiger partial charge in [-0.15, -0.1) is 6.58 Å². The van der Waals surface area contributed by atoms with Gasteiger partial charge in [0, 0.05) is 19.2 Å². The number of nitrogens with zero attached hydrogens (tertiary/aromatic N) is 2. The van der Waals surface area contributed by atoms with E-state index in [1.54, 1.807) is 0 Å². The van der Waals surface area contributed by atoms with Gasteiger partial charge in [0.05, 0.1) is 16.4 Å². The maximum Gasteiger partial charge on any atom is 0.321 e. The summed E-state index contributed by atoms with van der Waals surface area (Å²) in [6, 6.07) is 4.50. The molecule has 1 aromatic rings. The van der Waals surface area contributed by atoms with Gasteiger partial charge in [-0.05, 0) is 31.4 Å². The molecule has 0 saturated carbocycles. The zero-order valence-corrected chi connectivity index (χ0v) is 17.0. The monoisotopic (exact) mass is 412 g/mol. The summed E-state index contributed by atoms with van der Waals surface area (Å²) < 4.78 is 30.8. The van der Waals surface area contributed by atoms with Gasteiger partial charge < -0.3 is 4.74 Å². The Balaban J connectivity index is 2.34. The number of nitro benzene ring substituents is 1. The van der Waals surface area contributed by atoms with Crippen LogP contribution >= 0.6 is 0 Å². The summed E-state index contributed by atoms with van der Waals surface area (Å²) in [5, 5.41) is 10.6. The van der Waals surface area contributed by atoms with Gasteiger partial charge in [0.2, 0.25) is 10.0 Å². The van der Waals surface area contributed by atoms with E-state index in [1.165, 1.54) is 7.05 Å². The van der Waals surface area contributed by atoms with Gasteiger partial charge in [0.1, 0.15) is 6.54 Å². The molecule has 1 aromatic carbocycles. The molecule has 9 heteroatoms. The number of carbonyl (C=O) groups excluding carboxylic acids is 1. The Morgan fingerprint density at radius 3 is 2.29 bits per heavy atom. The highest BCUT2D eigenvalue weighted by molar-refractivity contribution is 7.89. The molecule has 0 aliphatic heterocycles. The smallest absolute Gasteiger partial charge is 0.321 e. The number of ether oxygens (including phenoxy) is 1. The summed E-state index contributed by atoms with van der Waals surface area (Å²) in [6.07, 6.45) is 9.17. The van der Waals surface area contributed by atoms with Gasteiger partial charge in [-0.2, -0.15) is 4.31 Å². The molecule has 0 amide bonds. The van der Waals surface area contributed by atoms with Crippen molar-refractivity contribution in [2.24, 2.45) is 0 Å². The minimum atomic E-state index is -3.92. The predicted molar refractivity (Wildman–Crippen MR) is 106 cm³/mol. The lowest BCUT2D eigenvalue weighted by Gasteiger charge is -2.16. The molecule has 0 heterocycles. The molecule has 1 rings (SSSR count). The van der Waals surface area contributed by atoms with Crippen molar-refractivity contribution in [3.05, 3.63) is 47.0 Å². The average Bonchev–Trinajstić information content (AvgIpc) is 2.66. The first-order valence-corrected chi connectivity index (χ1v) is 10.7. The molecule has 0 atom stereocenters. The van der Waals surface area contributed by atoms with Crippen LogP contribution in [0.1, 0.15) is 44.9 Å². The second kappa shape index (κ2) is 12.2. The van der Waals surface area contributed by atoms with Gasteiger partial charge in [-0.1, -0.05) is 31.8 Å². The second-order valence-corrected chi connectivity index (χ2v) is 8.48. The number of allylic oxidation sites excluding steroid dienone is 1. The van der Waals surface area contributed by atoms with E-state index in [1.807, 2.05) is 6.08 Å². The van der Waals surface area contributed by atoms with Crippen LogP contribution < -0.4 is 0 Å². The van der Waals surface area contributed by atoms with Crippen molar-refractivity contribution >= 4 is 21.7 Å². The molecule has 0 bridgehead atoms. The average molecular weight is 413 g/mol. The van der Waals surface area contributed by atoms with Crippen molar-refractivity contribution in [2.75, 3.05) is 20.2 Å². The van der Waals surface area contributed by atoms with E-state index in [2.05, 4.69) is 6.58 Å². The molecule has 0 radical (unpaired) electrons. The Bertz CT molecular complexity index is 746. The number of esters is 1. The number of hydrogen-bond acceptors (Lipinski definition) is 6. The normalized spacial score (nSPS) is 11.4. The van der Waals surface area contributed by atoms with Crippen molar-refractivity contribution in [1.82, 2.24) is 4.31 Å². The molecule has 156 valence electrons. The van der Waals surface area contributed by atoms with E-state index >= 15 is 0 Å². The van der Waals surface area contributed by atoms with Crippen molar-refractivity contribution < 1.29 is 22.9 Å². The molecule has 0 saturated heterocycles. The van der Waals surface area contributed by atoms with Crippen LogP contribution in [-0.4, -0.2) is 43.8 Å². The number of non-ortho nitro benzene ring substituents is 1. The van der Waals surface area contributed by atoms with Gasteiger partial charge in [0.15, 0.2) is 0 Å². The molecule has 28 heavy (non-hydrogen) atoms. The van der Waals surface area contributed by atoms with Crippen LogP contribution in [0.15, 0.2) is 41.8 Å². The van der Waals surface area contributed by atoms with Crippen molar-refractivity contribution in [3.8, 4) is 0 Å². The summed E-state index contributed by atoms with van der Waals surface area (Å²) >= 11 is 0. The standard InChI is InChI=1S/C19H28N2O6S/c1-3-4-5-6-7-8-9-10-15-27-19(22)16-20(2)28(25,26)18-13-11-17(12-14-18)21(23)24/h3,11-14H,1,4-10,15-16H2,2H3. The van der Waals surface area contributed by atoms with Crippen LogP contribution in [0.25, 0.3) is 0 Å². The number of hydrogen-bond donors (Lipinski definition) is 0. The zero-order valence-electron chi connectivity index (χ0n) is 16.2. The molecule has 0 fully saturated rings. The first-order valence-electron chi connectivity index (χ1n) is 9.26. The lowest BCUT2D eigenvalue weighted by Crippen LogP contribution is -2.33. The van der Waals surface area contributed by atoms with E-state index in [-0.39, 0.29) is 17.2 Å². The fraction of sp³-hybridized carbons (Fsp3) is 0.526. The maximum absolute atomic E-state index is 12.4. The molecule has 0 aliphatic rings. The molecule has 0 spiro atoms. The van der Waals surface area contributed by atoms with E-state index in [0.29, 0.717) is 0 Å². The first kappa shape index (κ1) is 23.8. The Morgan fingerprint density at radius 2 is 1.71 bits per heavy atom. The lowest BCUT2D eigenvalue weighted by molar-refractivity contribution is -0.384. The lowest BCUT2D eigenvalue weighted by atomic mass is 10.1. The number of rotatable bonds is 14. The Hall–Kier alpha value is -2.26. The fourth-order valence-corrected chi connectivity index (χ4v) is 3.63. The molecular weight excluding hydrogens is 384 g/mol. The summed E-state index contributed by atoms with van der Waals surface area (Å²) in [7, 11) is -2.66. The minimum Gasteiger partial charge on any atom is -0.465 e. The first-order chi connectivity index (χ1) is 13.3.